The third kappa shape index (κ3) is 4.39. The zero-order valence-electron chi connectivity index (χ0n) is 22.7. The average molecular weight is 689 g/mol. The van der Waals surface area contributed by atoms with Gasteiger partial charge in [0.2, 0.25) is 10.0 Å². The number of nitrogens with zero attached hydrogens (tertiary/aromatic N) is 4. The summed E-state index contributed by atoms with van der Waals surface area (Å²) in [5, 5.41) is -0.0451. The first-order chi connectivity index (χ1) is 18.0. The molecule has 0 atom stereocenters. The molecule has 0 aliphatic heterocycles. The minimum atomic E-state index is -4.33. The molecule has 0 N–H and O–H groups in total. The molecular weight excluding hydrogens is 657 g/mol. The van der Waals surface area contributed by atoms with Crippen molar-refractivity contribution in [2.75, 3.05) is 6.61 Å². The van der Waals surface area contributed by atoms with Crippen LogP contribution in [0.25, 0.3) is 27.8 Å². The maximum Gasteiger partial charge on any atom is 0.347 e. The molecule has 0 spiro atoms. The lowest BCUT2D eigenvalue weighted by atomic mass is 10.2. The number of hydrogen-bond acceptors (Lipinski definition) is 5. The summed E-state index contributed by atoms with van der Waals surface area (Å²) in [6.07, 6.45) is 2.31. The maximum absolute atomic E-state index is 16.0. The molecular formula is C26H31F2IN4O4SSi. The lowest BCUT2D eigenvalue weighted by Gasteiger charge is -2.36. The molecule has 8 nitrogen and oxygen atoms in total. The Hall–Kier alpha value is -2.10. The number of halogens is 3. The highest BCUT2D eigenvalue weighted by atomic mass is 127. The zero-order chi connectivity index (χ0) is 28.7. The third-order valence-electron chi connectivity index (χ3n) is 8.29. The van der Waals surface area contributed by atoms with Gasteiger partial charge < -0.3 is 8.99 Å². The molecule has 0 amide bonds. The second kappa shape index (κ2) is 9.21. The topological polar surface area (TPSA) is 88.1 Å². The van der Waals surface area contributed by atoms with Gasteiger partial charge in [0.25, 0.3) is 0 Å². The van der Waals surface area contributed by atoms with Gasteiger partial charge in [-0.2, -0.15) is 3.97 Å². The van der Waals surface area contributed by atoms with Gasteiger partial charge in [-0.1, -0.05) is 20.8 Å². The Morgan fingerprint density at radius 2 is 1.82 bits per heavy atom. The van der Waals surface area contributed by atoms with Crippen LogP contribution in [0.5, 0.6) is 0 Å². The molecule has 5 rings (SSSR count). The summed E-state index contributed by atoms with van der Waals surface area (Å²) in [6, 6.07) is 5.55. The first-order valence-electron chi connectivity index (χ1n) is 12.6. The van der Waals surface area contributed by atoms with Crippen LogP contribution in [0.15, 0.2) is 35.4 Å². The zero-order valence-corrected chi connectivity index (χ0v) is 26.7. The third-order valence-corrected chi connectivity index (χ3v) is 16.0. The van der Waals surface area contributed by atoms with Crippen LogP contribution in [0.4, 0.5) is 8.78 Å². The van der Waals surface area contributed by atoms with E-state index in [1.54, 1.807) is 17.7 Å². The van der Waals surface area contributed by atoms with E-state index in [-0.39, 0.29) is 40.3 Å². The molecule has 13 heteroatoms. The molecule has 1 fully saturated rings. The van der Waals surface area contributed by atoms with Crippen LogP contribution in [0.3, 0.4) is 0 Å². The Balaban J connectivity index is 1.71. The smallest absolute Gasteiger partial charge is 0.347 e. The van der Waals surface area contributed by atoms with Crippen LogP contribution >= 0.6 is 22.6 Å². The summed E-state index contributed by atoms with van der Waals surface area (Å²) in [6.45, 7) is 10.7. The van der Waals surface area contributed by atoms with Gasteiger partial charge in [0.05, 0.1) is 27.8 Å². The molecule has 4 aromatic rings. The number of benzene rings is 2. The molecule has 210 valence electrons. The summed E-state index contributed by atoms with van der Waals surface area (Å²) in [7, 11) is -4.81. The molecule has 0 bridgehead atoms. The lowest BCUT2D eigenvalue weighted by molar-refractivity contribution is 0.277. The molecule has 39 heavy (non-hydrogen) atoms. The van der Waals surface area contributed by atoms with Crippen LogP contribution in [-0.4, -0.2) is 46.2 Å². The number of aryl methyl sites for hydroxylation is 1. The number of hydrogen-bond donors (Lipinski definition) is 0. The highest BCUT2D eigenvalue weighted by Gasteiger charge is 2.56. The van der Waals surface area contributed by atoms with E-state index in [0.717, 1.165) is 4.57 Å². The van der Waals surface area contributed by atoms with Crippen molar-refractivity contribution < 1.29 is 21.6 Å². The van der Waals surface area contributed by atoms with Crippen molar-refractivity contribution in [2.24, 2.45) is 7.05 Å². The largest absolute Gasteiger partial charge is 0.417 e. The first-order valence-corrected chi connectivity index (χ1v) is 18.1. The first kappa shape index (κ1) is 28.4. The fourth-order valence-electron chi connectivity index (χ4n) is 4.66. The molecule has 0 unspecified atom stereocenters. The molecule has 2 aromatic carbocycles. The fourth-order valence-corrected chi connectivity index (χ4v) is 8.19. The van der Waals surface area contributed by atoms with Crippen molar-refractivity contribution in [1.29, 1.82) is 0 Å². The predicted molar refractivity (Wildman–Crippen MR) is 158 cm³/mol. The number of fused-ring (bicyclic) bond motifs is 2. The van der Waals surface area contributed by atoms with Crippen molar-refractivity contribution in [3.63, 3.8) is 0 Å². The van der Waals surface area contributed by atoms with Crippen LogP contribution in [-0.2, 0) is 21.5 Å². The molecule has 2 heterocycles. The van der Waals surface area contributed by atoms with E-state index < -0.39 is 40.4 Å². The standard InChI is InChI=1S/C26H31F2IN4O4SSi/c1-25(2,3)39(5,6)37-12-11-26(9-10-26)38(35,36)33-20-14-19-22(30-15-31(19)4)21(28)23(20)32(24(33)34)18-8-7-16(29)13-17(18)27/h7-8,13-15H,9-12H2,1-6H3. The van der Waals surface area contributed by atoms with Gasteiger partial charge in [-0.05, 0) is 84.3 Å². The van der Waals surface area contributed by atoms with Crippen molar-refractivity contribution in [2.45, 2.75) is 62.9 Å². The van der Waals surface area contributed by atoms with Crippen LogP contribution in [0, 0.1) is 15.2 Å². The summed E-state index contributed by atoms with van der Waals surface area (Å²) in [5.74, 6) is -1.66. The summed E-state index contributed by atoms with van der Waals surface area (Å²) in [4.78, 5) is 18.0. The molecule has 2 aromatic heterocycles. The SMILES string of the molecule is Cn1cnc2c(F)c3c(cc21)n(S(=O)(=O)C1(CCO[Si](C)(C)C(C)(C)C)CC1)c(=O)n3-c1ccc(I)cc1F. The van der Waals surface area contributed by atoms with E-state index in [2.05, 4.69) is 38.8 Å². The van der Waals surface area contributed by atoms with E-state index in [4.69, 9.17) is 4.43 Å². The second-order valence-electron chi connectivity index (χ2n) is 11.8. The number of rotatable bonds is 7. The molecule has 1 aliphatic rings. The van der Waals surface area contributed by atoms with Gasteiger partial charge in [-0.3, -0.25) is 4.57 Å². The number of aromatic nitrogens is 4. The van der Waals surface area contributed by atoms with Crippen LogP contribution in [0.2, 0.25) is 18.1 Å². The van der Waals surface area contributed by atoms with E-state index in [9.17, 15) is 13.2 Å². The lowest BCUT2D eigenvalue weighted by Crippen LogP contribution is -2.42. The van der Waals surface area contributed by atoms with E-state index in [0.29, 0.717) is 25.9 Å². The van der Waals surface area contributed by atoms with Crippen molar-refractivity contribution in [3.8, 4) is 5.69 Å². The normalized spacial score (nSPS) is 15.9. The van der Waals surface area contributed by atoms with E-state index >= 15 is 8.78 Å². The highest BCUT2D eigenvalue weighted by molar-refractivity contribution is 14.1. The summed E-state index contributed by atoms with van der Waals surface area (Å²) < 4.78 is 68.2. The molecule has 0 saturated heterocycles. The Morgan fingerprint density at radius 1 is 1.15 bits per heavy atom. The predicted octanol–water partition coefficient (Wildman–Crippen LogP) is 5.68. The van der Waals surface area contributed by atoms with Gasteiger partial charge in [0, 0.05) is 17.2 Å². The highest BCUT2D eigenvalue weighted by Crippen LogP contribution is 2.48. The van der Waals surface area contributed by atoms with Crippen LogP contribution < -0.4 is 5.69 Å². The molecule has 1 saturated carbocycles. The van der Waals surface area contributed by atoms with E-state index in [1.807, 2.05) is 22.6 Å². The average Bonchev–Trinajstić information content (AvgIpc) is 3.44. The maximum atomic E-state index is 16.0. The summed E-state index contributed by atoms with van der Waals surface area (Å²) in [5.41, 5.74) is -1.49. The quantitative estimate of drug-likeness (QED) is 0.184. The van der Waals surface area contributed by atoms with Gasteiger partial charge in [-0.15, -0.1) is 0 Å². The Bertz CT molecular complexity index is 1800. The molecule has 0 radical (unpaired) electrons. The van der Waals surface area contributed by atoms with Crippen molar-refractivity contribution in [1.82, 2.24) is 18.1 Å². The monoisotopic (exact) mass is 688 g/mol. The fraction of sp³-hybridized carbons (Fsp3) is 0.462. The minimum Gasteiger partial charge on any atom is -0.417 e. The van der Waals surface area contributed by atoms with Crippen molar-refractivity contribution in [3.05, 3.63) is 56.3 Å². The van der Waals surface area contributed by atoms with Gasteiger partial charge in [0.1, 0.15) is 16.9 Å². The number of imidazole rings is 2. The van der Waals surface area contributed by atoms with Crippen molar-refractivity contribution >= 4 is 63.0 Å². The Morgan fingerprint density at radius 3 is 2.41 bits per heavy atom. The van der Waals surface area contributed by atoms with Gasteiger partial charge >= 0.3 is 5.69 Å². The second-order valence-corrected chi connectivity index (χ2v) is 20.0. The van der Waals surface area contributed by atoms with Crippen LogP contribution in [0.1, 0.15) is 40.0 Å². The molecule has 1 aliphatic carbocycles. The van der Waals surface area contributed by atoms with Gasteiger partial charge in [-0.25, -0.2) is 27.0 Å². The van der Waals surface area contributed by atoms with E-state index in [1.165, 1.54) is 24.5 Å². The minimum absolute atomic E-state index is 0.0388. The Kier molecular flexibility index (Phi) is 6.71. The summed E-state index contributed by atoms with van der Waals surface area (Å²) >= 11 is 1.92. The van der Waals surface area contributed by atoms with Gasteiger partial charge in [0.15, 0.2) is 14.1 Å². The Labute approximate surface area is 240 Å².